The zero-order valence-corrected chi connectivity index (χ0v) is 13.0. The van der Waals surface area contributed by atoms with Gasteiger partial charge in [-0.2, -0.15) is 0 Å². The molecule has 5 heteroatoms. The van der Waals surface area contributed by atoms with Crippen LogP contribution in [-0.2, 0) is 4.79 Å². The molecule has 0 unspecified atom stereocenters. The zero-order chi connectivity index (χ0) is 14.6. The van der Waals surface area contributed by atoms with Gasteiger partial charge in [-0.3, -0.25) is 4.79 Å². The van der Waals surface area contributed by atoms with Crippen LogP contribution in [0.15, 0.2) is 22.7 Å². The summed E-state index contributed by atoms with van der Waals surface area (Å²) in [7, 11) is 0. The van der Waals surface area contributed by atoms with Gasteiger partial charge in [0.25, 0.3) is 0 Å². The standard InChI is InChI=1S/C15H20BrFN2O/c16-11-5-4-6-12(17)14(11)19-13(20)9-15(10-18)7-2-1-3-8-15/h4-6H,1-3,7-10,18H2,(H,19,20). The first-order chi connectivity index (χ1) is 9.56. The molecule has 0 aliphatic heterocycles. The van der Waals surface area contributed by atoms with Crippen molar-refractivity contribution in [1.29, 1.82) is 0 Å². The van der Waals surface area contributed by atoms with Crippen LogP contribution in [-0.4, -0.2) is 12.5 Å². The maximum Gasteiger partial charge on any atom is 0.225 e. The molecule has 0 aromatic heterocycles. The summed E-state index contributed by atoms with van der Waals surface area (Å²) in [4.78, 5) is 12.2. The van der Waals surface area contributed by atoms with Gasteiger partial charge >= 0.3 is 0 Å². The highest BCUT2D eigenvalue weighted by atomic mass is 79.9. The summed E-state index contributed by atoms with van der Waals surface area (Å²) >= 11 is 3.25. The number of nitrogens with one attached hydrogen (secondary N) is 1. The Labute approximate surface area is 127 Å². The fraction of sp³-hybridized carbons (Fsp3) is 0.533. The van der Waals surface area contributed by atoms with Gasteiger partial charge in [-0.15, -0.1) is 0 Å². The van der Waals surface area contributed by atoms with E-state index in [2.05, 4.69) is 21.2 Å². The number of rotatable bonds is 4. The molecule has 0 spiro atoms. The van der Waals surface area contributed by atoms with Gasteiger partial charge in [0.05, 0.1) is 5.69 Å². The largest absolute Gasteiger partial charge is 0.330 e. The molecule has 3 N–H and O–H groups in total. The van der Waals surface area contributed by atoms with Crippen LogP contribution in [0.4, 0.5) is 10.1 Å². The normalized spacial score (nSPS) is 17.8. The molecular weight excluding hydrogens is 323 g/mol. The first-order valence-electron chi connectivity index (χ1n) is 7.00. The highest BCUT2D eigenvalue weighted by molar-refractivity contribution is 9.10. The van der Waals surface area contributed by atoms with E-state index >= 15 is 0 Å². The Morgan fingerprint density at radius 1 is 1.35 bits per heavy atom. The number of carbonyl (C=O) groups is 1. The maximum atomic E-state index is 13.7. The van der Waals surface area contributed by atoms with E-state index in [9.17, 15) is 9.18 Å². The third-order valence-electron chi connectivity index (χ3n) is 4.11. The summed E-state index contributed by atoms with van der Waals surface area (Å²) < 4.78 is 14.2. The molecular formula is C15H20BrFN2O. The molecule has 1 aliphatic carbocycles. The van der Waals surface area contributed by atoms with E-state index in [1.54, 1.807) is 12.1 Å². The predicted molar refractivity (Wildman–Crippen MR) is 81.9 cm³/mol. The second kappa shape index (κ2) is 6.68. The van der Waals surface area contributed by atoms with Crippen LogP contribution in [0.2, 0.25) is 0 Å². The Morgan fingerprint density at radius 2 is 2.05 bits per heavy atom. The first-order valence-corrected chi connectivity index (χ1v) is 7.80. The lowest BCUT2D eigenvalue weighted by Gasteiger charge is -2.35. The van der Waals surface area contributed by atoms with Crippen molar-refractivity contribution >= 4 is 27.5 Å². The molecule has 0 bridgehead atoms. The number of hydrogen-bond donors (Lipinski definition) is 2. The van der Waals surface area contributed by atoms with Crippen molar-refractivity contribution in [2.75, 3.05) is 11.9 Å². The van der Waals surface area contributed by atoms with E-state index in [4.69, 9.17) is 5.73 Å². The fourth-order valence-corrected chi connectivity index (χ4v) is 3.34. The van der Waals surface area contributed by atoms with Crippen molar-refractivity contribution in [1.82, 2.24) is 0 Å². The van der Waals surface area contributed by atoms with Crippen LogP contribution in [0.3, 0.4) is 0 Å². The van der Waals surface area contributed by atoms with Crippen LogP contribution in [0.25, 0.3) is 0 Å². The quantitative estimate of drug-likeness (QED) is 0.873. The molecule has 0 radical (unpaired) electrons. The molecule has 1 saturated carbocycles. The van der Waals surface area contributed by atoms with E-state index in [1.165, 1.54) is 12.5 Å². The van der Waals surface area contributed by atoms with Gasteiger partial charge in [0.2, 0.25) is 5.91 Å². The van der Waals surface area contributed by atoms with Crippen LogP contribution in [0, 0.1) is 11.2 Å². The third kappa shape index (κ3) is 3.58. The summed E-state index contributed by atoms with van der Waals surface area (Å²) in [5.41, 5.74) is 5.97. The number of amides is 1. The first kappa shape index (κ1) is 15.4. The molecule has 1 amide bonds. The number of nitrogens with two attached hydrogens (primary N) is 1. The Hall–Kier alpha value is -0.940. The number of carbonyl (C=O) groups excluding carboxylic acids is 1. The Balaban J connectivity index is 2.05. The van der Waals surface area contributed by atoms with E-state index in [1.807, 2.05) is 0 Å². The fourth-order valence-electron chi connectivity index (χ4n) is 2.90. The van der Waals surface area contributed by atoms with Crippen molar-refractivity contribution < 1.29 is 9.18 Å². The average Bonchev–Trinajstić information content (AvgIpc) is 2.44. The molecule has 110 valence electrons. The lowest BCUT2D eigenvalue weighted by molar-refractivity contribution is -0.118. The van der Waals surface area contributed by atoms with Crippen molar-refractivity contribution in [3.05, 3.63) is 28.5 Å². The molecule has 20 heavy (non-hydrogen) atoms. The van der Waals surface area contributed by atoms with E-state index in [-0.39, 0.29) is 17.0 Å². The topological polar surface area (TPSA) is 55.1 Å². The molecule has 1 fully saturated rings. The number of para-hydroxylation sites is 1. The molecule has 1 aliphatic rings. The van der Waals surface area contributed by atoms with Gasteiger partial charge in [0.15, 0.2) is 0 Å². The minimum absolute atomic E-state index is 0.111. The molecule has 0 atom stereocenters. The third-order valence-corrected chi connectivity index (χ3v) is 4.77. The summed E-state index contributed by atoms with van der Waals surface area (Å²) in [6.07, 6.45) is 5.78. The summed E-state index contributed by atoms with van der Waals surface area (Å²) in [5, 5.41) is 2.67. The average molecular weight is 343 g/mol. The number of benzene rings is 1. The summed E-state index contributed by atoms with van der Waals surface area (Å²) in [6, 6.07) is 4.63. The van der Waals surface area contributed by atoms with Crippen LogP contribution >= 0.6 is 15.9 Å². The van der Waals surface area contributed by atoms with Crippen molar-refractivity contribution in [2.45, 2.75) is 38.5 Å². The summed E-state index contributed by atoms with van der Waals surface area (Å²) in [5.74, 6) is -0.596. The van der Waals surface area contributed by atoms with E-state index in [0.29, 0.717) is 17.4 Å². The monoisotopic (exact) mass is 342 g/mol. The van der Waals surface area contributed by atoms with Gasteiger partial charge in [-0.1, -0.05) is 25.3 Å². The number of halogens is 2. The minimum atomic E-state index is -0.432. The Kier molecular flexibility index (Phi) is 5.16. The second-order valence-corrected chi connectivity index (χ2v) is 6.44. The van der Waals surface area contributed by atoms with Gasteiger partial charge in [-0.25, -0.2) is 4.39 Å². The number of anilines is 1. The maximum absolute atomic E-state index is 13.7. The second-order valence-electron chi connectivity index (χ2n) is 5.59. The van der Waals surface area contributed by atoms with Crippen LogP contribution in [0.5, 0.6) is 0 Å². The smallest absolute Gasteiger partial charge is 0.225 e. The van der Waals surface area contributed by atoms with Crippen molar-refractivity contribution in [3.8, 4) is 0 Å². The molecule has 0 heterocycles. The van der Waals surface area contributed by atoms with Crippen molar-refractivity contribution in [3.63, 3.8) is 0 Å². The van der Waals surface area contributed by atoms with E-state index in [0.717, 1.165) is 25.7 Å². The number of hydrogen-bond acceptors (Lipinski definition) is 2. The van der Waals surface area contributed by atoms with Crippen LogP contribution < -0.4 is 11.1 Å². The lowest BCUT2D eigenvalue weighted by Crippen LogP contribution is -2.36. The van der Waals surface area contributed by atoms with Gasteiger partial charge in [0, 0.05) is 10.9 Å². The Morgan fingerprint density at radius 3 is 2.65 bits per heavy atom. The molecule has 3 nitrogen and oxygen atoms in total. The highest BCUT2D eigenvalue weighted by Crippen LogP contribution is 2.38. The predicted octanol–water partition coefficient (Wildman–Crippen LogP) is 3.83. The van der Waals surface area contributed by atoms with Crippen molar-refractivity contribution in [2.24, 2.45) is 11.1 Å². The molecule has 2 rings (SSSR count). The van der Waals surface area contributed by atoms with Gasteiger partial charge in [0.1, 0.15) is 5.82 Å². The minimum Gasteiger partial charge on any atom is -0.330 e. The van der Waals surface area contributed by atoms with E-state index < -0.39 is 5.82 Å². The van der Waals surface area contributed by atoms with Gasteiger partial charge < -0.3 is 11.1 Å². The Bertz CT molecular complexity index is 467. The van der Waals surface area contributed by atoms with Gasteiger partial charge in [-0.05, 0) is 52.9 Å². The highest BCUT2D eigenvalue weighted by Gasteiger charge is 2.33. The molecule has 1 aromatic rings. The summed E-state index contributed by atoms with van der Waals surface area (Å²) in [6.45, 7) is 0.513. The zero-order valence-electron chi connectivity index (χ0n) is 11.4. The van der Waals surface area contributed by atoms with Crippen LogP contribution in [0.1, 0.15) is 38.5 Å². The molecule has 1 aromatic carbocycles. The lowest BCUT2D eigenvalue weighted by atomic mass is 9.71. The molecule has 0 saturated heterocycles. The SMILES string of the molecule is NCC1(CC(=O)Nc2c(F)cccc2Br)CCCCC1.